The van der Waals surface area contributed by atoms with Crippen molar-refractivity contribution in [3.05, 3.63) is 23.8 Å². The summed E-state index contributed by atoms with van der Waals surface area (Å²) in [6.45, 7) is 4.79. The van der Waals surface area contributed by atoms with Gasteiger partial charge in [-0.05, 0) is 31.5 Å². The number of rotatable bonds is 8. The van der Waals surface area contributed by atoms with Crippen molar-refractivity contribution in [3.8, 4) is 11.5 Å². The van der Waals surface area contributed by atoms with E-state index in [2.05, 4.69) is 6.92 Å². The molecule has 4 nitrogen and oxygen atoms in total. The van der Waals surface area contributed by atoms with Gasteiger partial charge in [-0.25, -0.2) is 4.79 Å². The number of benzene rings is 1. The van der Waals surface area contributed by atoms with Crippen LogP contribution in [0, 0.1) is 0 Å². The maximum atomic E-state index is 11.5. The number of unbranched alkanes of at least 4 members (excludes halogenated alkanes) is 3. The largest absolute Gasteiger partial charge is 0.504 e. The minimum atomic E-state index is -0.438. The van der Waals surface area contributed by atoms with Crippen LogP contribution in [-0.4, -0.2) is 24.3 Å². The molecule has 1 aromatic rings. The molecule has 0 aliphatic heterocycles. The van der Waals surface area contributed by atoms with Crippen molar-refractivity contribution in [2.24, 2.45) is 0 Å². The van der Waals surface area contributed by atoms with Gasteiger partial charge in [0.2, 0.25) is 0 Å². The van der Waals surface area contributed by atoms with E-state index in [1.807, 2.05) is 0 Å². The number of aromatic hydroxyl groups is 1. The normalized spacial score (nSPS) is 10.2. The molecule has 0 spiro atoms. The molecule has 0 heterocycles. The van der Waals surface area contributed by atoms with Gasteiger partial charge in [0.1, 0.15) is 0 Å². The molecular formula is C15H22O4. The molecule has 0 aromatic heterocycles. The topological polar surface area (TPSA) is 55.8 Å². The fourth-order valence-corrected chi connectivity index (χ4v) is 1.69. The number of esters is 1. The lowest BCUT2D eigenvalue weighted by atomic mass is 10.2. The van der Waals surface area contributed by atoms with Gasteiger partial charge < -0.3 is 14.6 Å². The fraction of sp³-hybridized carbons (Fsp3) is 0.533. The summed E-state index contributed by atoms with van der Waals surface area (Å²) < 4.78 is 10.3. The third-order valence-corrected chi connectivity index (χ3v) is 2.73. The molecule has 1 aromatic carbocycles. The molecule has 0 saturated heterocycles. The van der Waals surface area contributed by atoms with Gasteiger partial charge in [0, 0.05) is 0 Å². The van der Waals surface area contributed by atoms with Crippen molar-refractivity contribution in [2.75, 3.05) is 13.2 Å². The lowest BCUT2D eigenvalue weighted by Crippen LogP contribution is -2.05. The van der Waals surface area contributed by atoms with Crippen molar-refractivity contribution in [1.82, 2.24) is 0 Å². The number of ether oxygens (including phenoxy) is 2. The Bertz CT molecular complexity index is 401. The first-order valence-corrected chi connectivity index (χ1v) is 6.82. The van der Waals surface area contributed by atoms with Crippen molar-refractivity contribution >= 4 is 5.97 Å². The van der Waals surface area contributed by atoms with Crippen LogP contribution in [0.25, 0.3) is 0 Å². The molecule has 106 valence electrons. The Labute approximate surface area is 114 Å². The lowest BCUT2D eigenvalue weighted by Gasteiger charge is -2.09. The Morgan fingerprint density at radius 3 is 2.63 bits per heavy atom. The average Bonchev–Trinajstić information content (AvgIpc) is 2.40. The van der Waals surface area contributed by atoms with Crippen LogP contribution in [0.3, 0.4) is 0 Å². The standard InChI is InChI=1S/C15H22O4/c1-3-5-6-7-10-19-14-9-8-12(11-13(14)16)15(17)18-4-2/h8-9,11,16H,3-7,10H2,1-2H3. The van der Waals surface area contributed by atoms with Gasteiger partial charge >= 0.3 is 5.97 Å². The van der Waals surface area contributed by atoms with Crippen molar-refractivity contribution in [1.29, 1.82) is 0 Å². The number of phenols is 1. The van der Waals surface area contributed by atoms with E-state index in [0.717, 1.165) is 12.8 Å². The van der Waals surface area contributed by atoms with Gasteiger partial charge in [-0.2, -0.15) is 0 Å². The van der Waals surface area contributed by atoms with Crippen molar-refractivity contribution in [3.63, 3.8) is 0 Å². The summed E-state index contributed by atoms with van der Waals surface area (Å²) in [6.07, 6.45) is 4.46. The second-order valence-electron chi connectivity index (χ2n) is 4.31. The number of carbonyl (C=O) groups excluding carboxylic acids is 1. The van der Waals surface area contributed by atoms with Crippen LogP contribution in [0.1, 0.15) is 49.9 Å². The van der Waals surface area contributed by atoms with Gasteiger partial charge in [-0.15, -0.1) is 0 Å². The lowest BCUT2D eigenvalue weighted by molar-refractivity contribution is 0.0526. The molecule has 0 bridgehead atoms. The molecule has 0 aliphatic carbocycles. The average molecular weight is 266 g/mol. The zero-order valence-corrected chi connectivity index (χ0v) is 11.6. The highest BCUT2D eigenvalue weighted by molar-refractivity contribution is 5.90. The first-order valence-electron chi connectivity index (χ1n) is 6.82. The maximum absolute atomic E-state index is 11.5. The molecule has 4 heteroatoms. The molecule has 0 unspecified atom stereocenters. The zero-order valence-electron chi connectivity index (χ0n) is 11.6. The summed E-state index contributed by atoms with van der Waals surface area (Å²) in [7, 11) is 0. The van der Waals surface area contributed by atoms with Gasteiger partial charge in [-0.1, -0.05) is 26.2 Å². The Balaban J connectivity index is 2.50. The van der Waals surface area contributed by atoms with Crippen LogP contribution in [0.15, 0.2) is 18.2 Å². The molecule has 0 amide bonds. The van der Waals surface area contributed by atoms with Crippen LogP contribution in [-0.2, 0) is 4.74 Å². The maximum Gasteiger partial charge on any atom is 0.338 e. The van der Waals surface area contributed by atoms with Gasteiger partial charge in [0.15, 0.2) is 11.5 Å². The van der Waals surface area contributed by atoms with E-state index < -0.39 is 5.97 Å². The van der Waals surface area contributed by atoms with E-state index >= 15 is 0 Å². The molecule has 0 atom stereocenters. The number of hydrogen-bond acceptors (Lipinski definition) is 4. The van der Waals surface area contributed by atoms with E-state index in [1.54, 1.807) is 19.1 Å². The number of hydrogen-bond donors (Lipinski definition) is 1. The van der Waals surface area contributed by atoms with E-state index in [1.165, 1.54) is 18.9 Å². The van der Waals surface area contributed by atoms with E-state index in [4.69, 9.17) is 9.47 Å². The summed E-state index contributed by atoms with van der Waals surface area (Å²) >= 11 is 0. The van der Waals surface area contributed by atoms with Crippen LogP contribution in [0.5, 0.6) is 11.5 Å². The van der Waals surface area contributed by atoms with Gasteiger partial charge in [0.25, 0.3) is 0 Å². The SMILES string of the molecule is CCCCCCOc1ccc(C(=O)OCC)cc1O. The summed E-state index contributed by atoms with van der Waals surface area (Å²) in [5.41, 5.74) is 0.331. The highest BCUT2D eigenvalue weighted by Gasteiger charge is 2.10. The third-order valence-electron chi connectivity index (χ3n) is 2.73. The molecule has 1 rings (SSSR count). The van der Waals surface area contributed by atoms with E-state index in [0.29, 0.717) is 24.5 Å². The monoisotopic (exact) mass is 266 g/mol. The molecule has 0 aliphatic rings. The molecule has 0 fully saturated rings. The highest BCUT2D eigenvalue weighted by atomic mass is 16.5. The zero-order chi connectivity index (χ0) is 14.1. The molecule has 19 heavy (non-hydrogen) atoms. The first kappa shape index (κ1) is 15.3. The molecular weight excluding hydrogens is 244 g/mol. The fourth-order valence-electron chi connectivity index (χ4n) is 1.69. The quantitative estimate of drug-likeness (QED) is 0.577. The highest BCUT2D eigenvalue weighted by Crippen LogP contribution is 2.27. The van der Waals surface area contributed by atoms with Crippen molar-refractivity contribution < 1.29 is 19.4 Å². The molecule has 1 N–H and O–H groups in total. The first-order chi connectivity index (χ1) is 9.19. The second-order valence-corrected chi connectivity index (χ2v) is 4.31. The minimum Gasteiger partial charge on any atom is -0.504 e. The van der Waals surface area contributed by atoms with Crippen LogP contribution in [0.2, 0.25) is 0 Å². The van der Waals surface area contributed by atoms with Crippen LogP contribution >= 0.6 is 0 Å². The minimum absolute atomic E-state index is 0.0268. The summed E-state index contributed by atoms with van der Waals surface area (Å²) in [5, 5.41) is 9.78. The Morgan fingerprint density at radius 1 is 1.21 bits per heavy atom. The van der Waals surface area contributed by atoms with Gasteiger partial charge in [0.05, 0.1) is 18.8 Å². The predicted octanol–water partition coefficient (Wildman–Crippen LogP) is 3.53. The Kier molecular flexibility index (Phi) is 6.79. The van der Waals surface area contributed by atoms with Crippen LogP contribution < -0.4 is 4.74 Å². The number of phenolic OH excluding ortho intramolecular Hbond substituents is 1. The summed E-state index contributed by atoms with van der Waals surface area (Å²) in [5.74, 6) is -0.0575. The molecule has 0 radical (unpaired) electrons. The Morgan fingerprint density at radius 2 is 2.00 bits per heavy atom. The summed E-state index contributed by atoms with van der Waals surface area (Å²) in [6, 6.07) is 4.57. The van der Waals surface area contributed by atoms with Crippen molar-refractivity contribution in [2.45, 2.75) is 39.5 Å². The van der Waals surface area contributed by atoms with E-state index in [-0.39, 0.29) is 5.75 Å². The number of carbonyl (C=O) groups is 1. The third kappa shape index (κ3) is 5.20. The van der Waals surface area contributed by atoms with Crippen LogP contribution in [0.4, 0.5) is 0 Å². The molecule has 0 saturated carbocycles. The van der Waals surface area contributed by atoms with Gasteiger partial charge in [-0.3, -0.25) is 0 Å². The van der Waals surface area contributed by atoms with E-state index in [9.17, 15) is 9.90 Å². The predicted molar refractivity (Wildman–Crippen MR) is 73.7 cm³/mol. The Hall–Kier alpha value is -1.71. The second kappa shape index (κ2) is 8.40. The smallest absolute Gasteiger partial charge is 0.338 e. The summed E-state index contributed by atoms with van der Waals surface area (Å²) in [4.78, 5) is 11.5.